The van der Waals surface area contributed by atoms with Crippen LogP contribution in [0.15, 0.2) is 22.9 Å². The topological polar surface area (TPSA) is 54.5 Å². The van der Waals surface area contributed by atoms with Crippen molar-refractivity contribution >= 4 is 22.0 Å². The van der Waals surface area contributed by atoms with Gasteiger partial charge >= 0.3 is 6.09 Å². The van der Waals surface area contributed by atoms with E-state index < -0.39 is 5.60 Å². The maximum atomic E-state index is 12.4. The summed E-state index contributed by atoms with van der Waals surface area (Å²) in [5.41, 5.74) is 0.724. The quantitative estimate of drug-likeness (QED) is 0.804. The van der Waals surface area contributed by atoms with Crippen molar-refractivity contribution in [3.63, 3.8) is 0 Å². The molecule has 1 atom stereocenters. The van der Waals surface area contributed by atoms with Gasteiger partial charge in [-0.25, -0.2) is 9.78 Å². The molecule has 0 aromatic carbocycles. The van der Waals surface area contributed by atoms with Crippen LogP contribution in [0.1, 0.15) is 45.6 Å². The Morgan fingerprint density at radius 3 is 2.96 bits per heavy atom. The van der Waals surface area contributed by atoms with Gasteiger partial charge in [0.1, 0.15) is 10.2 Å². The predicted octanol–water partition coefficient (Wildman–Crippen LogP) is 3.72. The molecule has 23 heavy (non-hydrogen) atoms. The summed E-state index contributed by atoms with van der Waals surface area (Å²) in [4.78, 5) is 18.4. The third-order valence-electron chi connectivity index (χ3n) is 3.76. The summed E-state index contributed by atoms with van der Waals surface area (Å²) < 4.78 is 6.37. The van der Waals surface area contributed by atoms with Crippen LogP contribution in [0.2, 0.25) is 0 Å². The summed E-state index contributed by atoms with van der Waals surface area (Å²) in [5, 5.41) is 3.45. The molecule has 1 amide bonds. The van der Waals surface area contributed by atoms with E-state index in [1.54, 1.807) is 6.20 Å². The van der Waals surface area contributed by atoms with E-state index in [1.165, 1.54) is 5.56 Å². The summed E-state index contributed by atoms with van der Waals surface area (Å²) in [7, 11) is 0. The number of hydrogen-bond acceptors (Lipinski definition) is 4. The molecule has 1 N–H and O–H groups in total. The minimum Gasteiger partial charge on any atom is -0.444 e. The standard InChI is InChI=1S/C17H26BrN3O2/c1-17(2,3)23-16(22)21-9-5-4-6-14(21)12-19-11-13-7-8-20-15(18)10-13/h7-8,10,14,19H,4-6,9,11-12H2,1-3H3. The molecular formula is C17H26BrN3O2. The Hall–Kier alpha value is -1.14. The van der Waals surface area contributed by atoms with E-state index in [1.807, 2.05) is 37.8 Å². The lowest BCUT2D eigenvalue weighted by Crippen LogP contribution is -2.50. The molecule has 0 radical (unpaired) electrons. The van der Waals surface area contributed by atoms with Gasteiger partial charge in [0.15, 0.2) is 0 Å². The number of nitrogens with zero attached hydrogens (tertiary/aromatic N) is 2. The number of nitrogens with one attached hydrogen (secondary N) is 1. The van der Waals surface area contributed by atoms with Gasteiger partial charge in [-0.15, -0.1) is 0 Å². The first-order chi connectivity index (χ1) is 10.8. The lowest BCUT2D eigenvalue weighted by Gasteiger charge is -2.37. The minimum atomic E-state index is -0.449. The fourth-order valence-corrected chi connectivity index (χ4v) is 3.12. The monoisotopic (exact) mass is 383 g/mol. The first-order valence-electron chi connectivity index (χ1n) is 8.16. The van der Waals surface area contributed by atoms with E-state index in [4.69, 9.17) is 4.74 Å². The molecule has 6 heteroatoms. The first kappa shape index (κ1) is 18.2. The predicted molar refractivity (Wildman–Crippen MR) is 94.2 cm³/mol. The molecule has 1 aliphatic heterocycles. The third-order valence-corrected chi connectivity index (χ3v) is 4.19. The number of carbonyl (C=O) groups excluding carboxylic acids is 1. The zero-order chi connectivity index (χ0) is 16.9. The molecule has 5 nitrogen and oxygen atoms in total. The Bertz CT molecular complexity index is 531. The number of ether oxygens (including phenoxy) is 1. The average molecular weight is 384 g/mol. The number of halogens is 1. The summed E-state index contributed by atoms with van der Waals surface area (Å²) >= 11 is 3.38. The van der Waals surface area contributed by atoms with Crippen molar-refractivity contribution in [3.8, 4) is 0 Å². The van der Waals surface area contributed by atoms with Gasteiger partial charge in [0, 0.05) is 31.9 Å². The van der Waals surface area contributed by atoms with Crippen molar-refractivity contribution in [2.24, 2.45) is 0 Å². The van der Waals surface area contributed by atoms with E-state index in [0.717, 1.165) is 43.5 Å². The van der Waals surface area contributed by atoms with Crippen molar-refractivity contribution in [2.75, 3.05) is 13.1 Å². The van der Waals surface area contributed by atoms with Crippen LogP contribution >= 0.6 is 15.9 Å². The highest BCUT2D eigenvalue weighted by molar-refractivity contribution is 9.10. The molecule has 1 aromatic rings. The minimum absolute atomic E-state index is 0.198. The number of carbonyl (C=O) groups is 1. The molecule has 0 saturated carbocycles. The molecule has 128 valence electrons. The number of rotatable bonds is 4. The molecule has 1 fully saturated rings. The number of piperidine rings is 1. The highest BCUT2D eigenvalue weighted by Gasteiger charge is 2.30. The number of likely N-dealkylation sites (tertiary alicyclic amines) is 1. The lowest BCUT2D eigenvalue weighted by molar-refractivity contribution is 0.00993. The van der Waals surface area contributed by atoms with Gasteiger partial charge in [-0.3, -0.25) is 0 Å². The fourth-order valence-electron chi connectivity index (χ4n) is 2.71. The number of hydrogen-bond donors (Lipinski definition) is 1. The van der Waals surface area contributed by atoms with Crippen molar-refractivity contribution in [1.82, 2.24) is 15.2 Å². The van der Waals surface area contributed by atoms with Gasteiger partial charge in [0.2, 0.25) is 0 Å². The van der Waals surface area contributed by atoms with E-state index in [0.29, 0.717) is 0 Å². The number of amides is 1. The van der Waals surface area contributed by atoms with Gasteiger partial charge in [0.05, 0.1) is 0 Å². The molecule has 0 spiro atoms. The van der Waals surface area contributed by atoms with E-state index >= 15 is 0 Å². The Balaban J connectivity index is 1.87. The van der Waals surface area contributed by atoms with E-state index in [-0.39, 0.29) is 12.1 Å². The maximum Gasteiger partial charge on any atom is 0.410 e. The van der Waals surface area contributed by atoms with E-state index in [9.17, 15) is 4.79 Å². The van der Waals surface area contributed by atoms with E-state index in [2.05, 4.69) is 26.2 Å². The summed E-state index contributed by atoms with van der Waals surface area (Å²) in [6.07, 6.45) is 4.82. The van der Waals surface area contributed by atoms with Crippen molar-refractivity contribution in [3.05, 3.63) is 28.5 Å². The van der Waals surface area contributed by atoms with Crippen LogP contribution in [0.5, 0.6) is 0 Å². The highest BCUT2D eigenvalue weighted by atomic mass is 79.9. The van der Waals surface area contributed by atoms with Gasteiger partial charge in [-0.05, 0) is 73.7 Å². The zero-order valence-electron chi connectivity index (χ0n) is 14.1. The van der Waals surface area contributed by atoms with Crippen LogP contribution in [0, 0.1) is 0 Å². The molecule has 0 bridgehead atoms. The maximum absolute atomic E-state index is 12.4. The fraction of sp³-hybridized carbons (Fsp3) is 0.647. The van der Waals surface area contributed by atoms with Crippen LogP contribution in [-0.4, -0.2) is 40.7 Å². The molecule has 1 unspecified atom stereocenters. The van der Waals surface area contributed by atoms with Gasteiger partial charge in [-0.2, -0.15) is 0 Å². The first-order valence-corrected chi connectivity index (χ1v) is 8.95. The van der Waals surface area contributed by atoms with Gasteiger partial charge in [0.25, 0.3) is 0 Å². The number of aromatic nitrogens is 1. The lowest BCUT2D eigenvalue weighted by atomic mass is 10.0. The summed E-state index contributed by atoms with van der Waals surface area (Å²) in [6, 6.07) is 4.19. The second-order valence-corrected chi connectivity index (χ2v) is 7.75. The summed E-state index contributed by atoms with van der Waals surface area (Å²) in [6.45, 7) is 8.04. The SMILES string of the molecule is CC(C)(C)OC(=O)N1CCCCC1CNCc1ccnc(Br)c1. The Labute approximate surface area is 146 Å². The zero-order valence-corrected chi connectivity index (χ0v) is 15.7. The van der Waals surface area contributed by atoms with Crippen LogP contribution in [0.3, 0.4) is 0 Å². The Kier molecular flexibility index (Phi) is 6.41. The van der Waals surface area contributed by atoms with Crippen molar-refractivity contribution in [2.45, 2.75) is 58.2 Å². The van der Waals surface area contributed by atoms with Crippen LogP contribution in [0.25, 0.3) is 0 Å². The Morgan fingerprint density at radius 1 is 1.48 bits per heavy atom. The van der Waals surface area contributed by atoms with Crippen LogP contribution < -0.4 is 5.32 Å². The Morgan fingerprint density at radius 2 is 2.26 bits per heavy atom. The van der Waals surface area contributed by atoms with Crippen LogP contribution in [0.4, 0.5) is 4.79 Å². The molecule has 1 aliphatic rings. The van der Waals surface area contributed by atoms with Gasteiger partial charge in [-0.1, -0.05) is 0 Å². The normalized spacial score (nSPS) is 18.8. The molecule has 2 rings (SSSR count). The number of pyridine rings is 1. The molecule has 1 saturated heterocycles. The summed E-state index contributed by atoms with van der Waals surface area (Å²) in [5.74, 6) is 0. The largest absolute Gasteiger partial charge is 0.444 e. The van der Waals surface area contributed by atoms with Crippen molar-refractivity contribution < 1.29 is 9.53 Å². The molecular weight excluding hydrogens is 358 g/mol. The molecule has 2 heterocycles. The average Bonchev–Trinajstić information content (AvgIpc) is 2.46. The second kappa shape index (κ2) is 8.11. The smallest absolute Gasteiger partial charge is 0.410 e. The molecule has 1 aromatic heterocycles. The van der Waals surface area contributed by atoms with Crippen LogP contribution in [-0.2, 0) is 11.3 Å². The second-order valence-electron chi connectivity index (χ2n) is 6.94. The highest BCUT2D eigenvalue weighted by Crippen LogP contribution is 2.20. The molecule has 0 aliphatic carbocycles. The van der Waals surface area contributed by atoms with Gasteiger partial charge < -0.3 is 15.0 Å². The van der Waals surface area contributed by atoms with Crippen molar-refractivity contribution in [1.29, 1.82) is 0 Å². The third kappa shape index (κ3) is 6.11.